The standard InChI is InChI=1S/C11H16N4/c12-9-5-1-2-6-10(9)14-11(13)15-7-3-4-8-15/h1-2,5-6H,3-4,7-8,12H2,(H2,13,14). The van der Waals surface area contributed by atoms with Crippen LogP contribution in [0.15, 0.2) is 24.3 Å². The summed E-state index contributed by atoms with van der Waals surface area (Å²) < 4.78 is 0. The molecule has 0 aliphatic carbocycles. The number of hydrogen-bond acceptors (Lipinski definition) is 2. The van der Waals surface area contributed by atoms with E-state index in [-0.39, 0.29) is 0 Å². The van der Waals surface area contributed by atoms with Gasteiger partial charge in [-0.1, -0.05) is 12.1 Å². The maximum Gasteiger partial charge on any atom is 0.195 e. The second-order valence-corrected chi connectivity index (χ2v) is 3.76. The van der Waals surface area contributed by atoms with Crippen LogP contribution < -0.4 is 11.1 Å². The maximum absolute atomic E-state index is 7.88. The molecule has 0 unspecified atom stereocenters. The molecule has 15 heavy (non-hydrogen) atoms. The first-order valence-corrected chi connectivity index (χ1v) is 5.22. The normalized spacial score (nSPS) is 15.3. The number of nitrogens with one attached hydrogen (secondary N) is 2. The predicted octanol–water partition coefficient (Wildman–Crippen LogP) is 1.71. The van der Waals surface area contributed by atoms with Gasteiger partial charge in [0, 0.05) is 13.1 Å². The second kappa shape index (κ2) is 4.21. The predicted molar refractivity (Wildman–Crippen MR) is 63.0 cm³/mol. The van der Waals surface area contributed by atoms with E-state index in [4.69, 9.17) is 11.1 Å². The van der Waals surface area contributed by atoms with Crippen molar-refractivity contribution in [1.82, 2.24) is 4.90 Å². The van der Waals surface area contributed by atoms with E-state index in [1.165, 1.54) is 12.8 Å². The monoisotopic (exact) mass is 204 g/mol. The minimum Gasteiger partial charge on any atom is -0.397 e. The third-order valence-corrected chi connectivity index (χ3v) is 2.64. The van der Waals surface area contributed by atoms with Crippen molar-refractivity contribution in [2.75, 3.05) is 24.1 Å². The van der Waals surface area contributed by atoms with Gasteiger partial charge in [0.05, 0.1) is 11.4 Å². The molecule has 2 rings (SSSR count). The zero-order chi connectivity index (χ0) is 10.7. The molecule has 80 valence electrons. The SMILES string of the molecule is N=C(Nc1ccccc1N)N1CCCC1. The minimum atomic E-state index is 0.449. The lowest BCUT2D eigenvalue weighted by atomic mass is 10.3. The Bertz CT molecular complexity index is 355. The van der Waals surface area contributed by atoms with Crippen molar-refractivity contribution in [3.8, 4) is 0 Å². The van der Waals surface area contributed by atoms with Crippen molar-refractivity contribution in [3.05, 3.63) is 24.3 Å². The van der Waals surface area contributed by atoms with Gasteiger partial charge in [0.2, 0.25) is 0 Å². The van der Waals surface area contributed by atoms with Crippen LogP contribution in [0.25, 0.3) is 0 Å². The van der Waals surface area contributed by atoms with Crippen LogP contribution in [-0.2, 0) is 0 Å². The van der Waals surface area contributed by atoms with Crippen LogP contribution in [0, 0.1) is 5.41 Å². The van der Waals surface area contributed by atoms with Gasteiger partial charge in [0.1, 0.15) is 0 Å². The number of nitrogens with zero attached hydrogens (tertiary/aromatic N) is 1. The third-order valence-electron chi connectivity index (χ3n) is 2.64. The van der Waals surface area contributed by atoms with Gasteiger partial charge in [0.25, 0.3) is 0 Å². The number of nitrogens with two attached hydrogens (primary N) is 1. The van der Waals surface area contributed by atoms with Crippen molar-refractivity contribution in [3.63, 3.8) is 0 Å². The van der Waals surface area contributed by atoms with E-state index in [1.807, 2.05) is 29.2 Å². The molecule has 1 aliphatic heterocycles. The largest absolute Gasteiger partial charge is 0.397 e. The highest BCUT2D eigenvalue weighted by Crippen LogP contribution is 2.18. The highest BCUT2D eigenvalue weighted by atomic mass is 15.3. The summed E-state index contributed by atoms with van der Waals surface area (Å²) in [5.74, 6) is 0.449. The second-order valence-electron chi connectivity index (χ2n) is 3.76. The molecule has 0 atom stereocenters. The Kier molecular flexibility index (Phi) is 2.76. The van der Waals surface area contributed by atoms with Gasteiger partial charge >= 0.3 is 0 Å². The number of anilines is 2. The summed E-state index contributed by atoms with van der Waals surface area (Å²) in [7, 11) is 0. The van der Waals surface area contributed by atoms with Crippen molar-refractivity contribution in [2.24, 2.45) is 0 Å². The molecule has 0 bridgehead atoms. The Balaban J connectivity index is 2.02. The molecular formula is C11H16N4. The first-order chi connectivity index (χ1) is 7.27. The molecule has 1 aliphatic rings. The van der Waals surface area contributed by atoms with Crippen LogP contribution in [0.2, 0.25) is 0 Å². The van der Waals surface area contributed by atoms with Gasteiger partial charge in [-0.05, 0) is 25.0 Å². The first-order valence-electron chi connectivity index (χ1n) is 5.22. The van der Waals surface area contributed by atoms with Crippen LogP contribution >= 0.6 is 0 Å². The van der Waals surface area contributed by atoms with E-state index < -0.39 is 0 Å². The van der Waals surface area contributed by atoms with Crippen LogP contribution in [-0.4, -0.2) is 23.9 Å². The van der Waals surface area contributed by atoms with Crippen molar-refractivity contribution in [1.29, 1.82) is 5.41 Å². The third kappa shape index (κ3) is 2.21. The number of guanidine groups is 1. The number of rotatable bonds is 1. The lowest BCUT2D eigenvalue weighted by molar-refractivity contribution is 0.514. The molecule has 1 aromatic rings. The number of benzene rings is 1. The summed E-state index contributed by atoms with van der Waals surface area (Å²) in [6.45, 7) is 1.94. The fraction of sp³-hybridized carbons (Fsp3) is 0.364. The Labute approximate surface area is 89.6 Å². The van der Waals surface area contributed by atoms with Gasteiger partial charge < -0.3 is 16.0 Å². The number of para-hydroxylation sites is 2. The van der Waals surface area contributed by atoms with Crippen LogP contribution in [0.1, 0.15) is 12.8 Å². The Hall–Kier alpha value is -1.71. The number of nitrogen functional groups attached to an aromatic ring is 1. The van der Waals surface area contributed by atoms with Gasteiger partial charge in [-0.3, -0.25) is 5.41 Å². The zero-order valence-electron chi connectivity index (χ0n) is 8.66. The van der Waals surface area contributed by atoms with E-state index in [0.717, 1.165) is 18.8 Å². The quantitative estimate of drug-likeness (QED) is 0.370. The summed E-state index contributed by atoms with van der Waals surface area (Å²) in [6, 6.07) is 7.52. The molecule has 1 saturated heterocycles. The van der Waals surface area contributed by atoms with Crippen molar-refractivity contribution >= 4 is 17.3 Å². The summed E-state index contributed by atoms with van der Waals surface area (Å²) in [4.78, 5) is 2.03. The molecule has 0 spiro atoms. The Morgan fingerprint density at radius 3 is 2.60 bits per heavy atom. The van der Waals surface area contributed by atoms with Crippen molar-refractivity contribution in [2.45, 2.75) is 12.8 Å². The van der Waals surface area contributed by atoms with Gasteiger partial charge in [-0.2, -0.15) is 0 Å². The molecule has 0 aromatic heterocycles. The van der Waals surface area contributed by atoms with Crippen LogP contribution in [0.5, 0.6) is 0 Å². The highest BCUT2D eigenvalue weighted by Gasteiger charge is 2.15. The summed E-state index contributed by atoms with van der Waals surface area (Å²) in [5.41, 5.74) is 7.29. The van der Waals surface area contributed by atoms with Crippen LogP contribution in [0.4, 0.5) is 11.4 Å². The summed E-state index contributed by atoms with van der Waals surface area (Å²) >= 11 is 0. The minimum absolute atomic E-state index is 0.449. The van der Waals surface area contributed by atoms with Gasteiger partial charge in [0.15, 0.2) is 5.96 Å². The van der Waals surface area contributed by atoms with Crippen molar-refractivity contribution < 1.29 is 0 Å². The molecular weight excluding hydrogens is 188 g/mol. The molecule has 4 N–H and O–H groups in total. The zero-order valence-corrected chi connectivity index (χ0v) is 8.66. The van der Waals surface area contributed by atoms with Gasteiger partial charge in [-0.15, -0.1) is 0 Å². The smallest absolute Gasteiger partial charge is 0.195 e. The molecule has 0 saturated carbocycles. The number of likely N-dealkylation sites (tertiary alicyclic amines) is 1. The van der Waals surface area contributed by atoms with Crippen LogP contribution in [0.3, 0.4) is 0 Å². The fourth-order valence-corrected chi connectivity index (χ4v) is 1.76. The molecule has 4 heteroatoms. The van der Waals surface area contributed by atoms with Gasteiger partial charge in [-0.25, -0.2) is 0 Å². The fourth-order valence-electron chi connectivity index (χ4n) is 1.76. The summed E-state index contributed by atoms with van der Waals surface area (Å²) in [5, 5.41) is 10.9. The highest BCUT2D eigenvalue weighted by molar-refractivity contribution is 5.94. The molecule has 1 fully saturated rings. The average Bonchev–Trinajstić information content (AvgIpc) is 2.74. The lowest BCUT2D eigenvalue weighted by Gasteiger charge is -2.20. The van der Waals surface area contributed by atoms with E-state index in [1.54, 1.807) is 0 Å². The van der Waals surface area contributed by atoms with E-state index in [0.29, 0.717) is 11.6 Å². The molecule has 0 amide bonds. The molecule has 0 radical (unpaired) electrons. The Morgan fingerprint density at radius 2 is 1.93 bits per heavy atom. The Morgan fingerprint density at radius 1 is 1.27 bits per heavy atom. The molecule has 1 aromatic carbocycles. The summed E-state index contributed by atoms with van der Waals surface area (Å²) in [6.07, 6.45) is 2.35. The van der Waals surface area contributed by atoms with E-state index >= 15 is 0 Å². The lowest BCUT2D eigenvalue weighted by Crippen LogP contribution is -2.33. The first kappa shape index (κ1) is 9.83. The maximum atomic E-state index is 7.88. The van der Waals surface area contributed by atoms with E-state index in [2.05, 4.69) is 5.32 Å². The molecule has 1 heterocycles. The topological polar surface area (TPSA) is 65.1 Å². The number of hydrogen-bond donors (Lipinski definition) is 3. The molecule has 4 nitrogen and oxygen atoms in total. The van der Waals surface area contributed by atoms with E-state index in [9.17, 15) is 0 Å². The average molecular weight is 204 g/mol.